The van der Waals surface area contributed by atoms with Crippen LogP contribution < -0.4 is 9.47 Å². The molecular weight excluding hydrogens is 407 g/mol. The highest BCUT2D eigenvalue weighted by atomic mass is 19.1. The summed E-state index contributed by atoms with van der Waals surface area (Å²) in [6.07, 6.45) is -0.147. The molecule has 1 aromatic heterocycles. The Balaban J connectivity index is 1.97. The second kappa shape index (κ2) is 7.74. The molecule has 4 rings (SSSR count). The number of hydrogen-bond acceptors (Lipinski definition) is 7. The van der Waals surface area contributed by atoms with Crippen LogP contribution in [-0.4, -0.2) is 77.3 Å². The highest BCUT2D eigenvalue weighted by Crippen LogP contribution is 2.62. The van der Waals surface area contributed by atoms with Crippen LogP contribution in [0.1, 0.15) is 11.1 Å². The van der Waals surface area contributed by atoms with E-state index in [0.29, 0.717) is 5.56 Å². The van der Waals surface area contributed by atoms with Gasteiger partial charge < -0.3 is 29.7 Å². The van der Waals surface area contributed by atoms with Gasteiger partial charge in [-0.25, -0.2) is 4.39 Å². The Morgan fingerprint density at radius 1 is 1.32 bits per heavy atom. The third kappa shape index (κ3) is 2.84. The molecule has 1 aliphatic carbocycles. The number of carboxylic acids is 1. The number of hydrogen-bond donors (Lipinski definition) is 3. The number of alkyl halides is 1. The largest absolute Gasteiger partial charge is 0.495 e. The van der Waals surface area contributed by atoms with E-state index in [4.69, 9.17) is 9.47 Å². The minimum Gasteiger partial charge on any atom is -0.495 e. The fraction of sp³-hybridized carbons (Fsp3) is 0.455. The molecule has 1 saturated carbocycles. The van der Waals surface area contributed by atoms with Gasteiger partial charge in [-0.15, -0.1) is 0 Å². The van der Waals surface area contributed by atoms with E-state index < -0.39 is 41.8 Å². The summed E-state index contributed by atoms with van der Waals surface area (Å²) in [5.74, 6) is -1.92. The highest BCUT2D eigenvalue weighted by molar-refractivity contribution is 5.85. The van der Waals surface area contributed by atoms with E-state index in [9.17, 15) is 24.5 Å². The summed E-state index contributed by atoms with van der Waals surface area (Å²) in [6, 6.07) is 8.40. The van der Waals surface area contributed by atoms with Crippen LogP contribution in [0.4, 0.5) is 4.39 Å². The summed E-state index contributed by atoms with van der Waals surface area (Å²) in [6.45, 7) is -0.546. The molecule has 0 bridgehead atoms. The molecule has 0 amide bonds. The quantitative estimate of drug-likeness (QED) is 0.593. The lowest BCUT2D eigenvalue weighted by Gasteiger charge is -2.37. The van der Waals surface area contributed by atoms with Crippen LogP contribution in [0.2, 0.25) is 0 Å². The highest BCUT2D eigenvalue weighted by Gasteiger charge is 2.76. The average molecular weight is 432 g/mol. The molecule has 31 heavy (non-hydrogen) atoms. The Morgan fingerprint density at radius 2 is 2.03 bits per heavy atom. The van der Waals surface area contributed by atoms with Gasteiger partial charge in [0.05, 0.1) is 31.2 Å². The van der Waals surface area contributed by atoms with Crippen molar-refractivity contribution in [1.82, 2.24) is 9.88 Å². The lowest BCUT2D eigenvalue weighted by atomic mass is 9.69. The molecule has 0 radical (unpaired) electrons. The topological polar surface area (TPSA) is 112 Å². The zero-order chi connectivity index (χ0) is 22.4. The van der Waals surface area contributed by atoms with Crippen molar-refractivity contribution in [3.63, 3.8) is 0 Å². The molecular formula is C22H25FN2O6. The number of aliphatic hydroxyl groups excluding tert-OH is 1. The molecule has 1 unspecified atom stereocenters. The van der Waals surface area contributed by atoms with Crippen molar-refractivity contribution < 1.29 is 34.0 Å². The third-order valence-electron chi connectivity index (χ3n) is 6.55. The summed E-state index contributed by atoms with van der Waals surface area (Å²) in [4.78, 5) is 18.6. The van der Waals surface area contributed by atoms with E-state index in [1.807, 2.05) is 0 Å². The number of fused-ring (bicyclic) bond motifs is 3. The molecule has 9 heteroatoms. The SMILES string of the molecule is COc1cncc2c1[C@]1(O)[C@H](O)[C@H](CN(C)CCF)C(C(=O)O)(c3ccccc3)[C@H]1O2. The second-order valence-electron chi connectivity index (χ2n) is 8.08. The molecule has 1 fully saturated rings. The summed E-state index contributed by atoms with van der Waals surface area (Å²) in [5.41, 5.74) is -3.34. The van der Waals surface area contributed by atoms with E-state index in [-0.39, 0.29) is 30.2 Å². The smallest absolute Gasteiger partial charge is 0.318 e. The van der Waals surface area contributed by atoms with Crippen molar-refractivity contribution in [2.75, 3.05) is 33.9 Å². The van der Waals surface area contributed by atoms with Gasteiger partial charge in [-0.2, -0.15) is 0 Å². The van der Waals surface area contributed by atoms with E-state index in [2.05, 4.69) is 4.98 Å². The number of halogens is 1. The van der Waals surface area contributed by atoms with E-state index in [0.717, 1.165) is 0 Å². The van der Waals surface area contributed by atoms with E-state index in [1.165, 1.54) is 19.5 Å². The van der Waals surface area contributed by atoms with Gasteiger partial charge >= 0.3 is 5.97 Å². The Hall–Kier alpha value is -2.75. The number of carbonyl (C=O) groups is 1. The number of rotatable bonds is 7. The fourth-order valence-corrected chi connectivity index (χ4v) is 5.19. The Bertz CT molecular complexity index is 976. The van der Waals surface area contributed by atoms with Gasteiger partial charge in [0.2, 0.25) is 0 Å². The molecule has 166 valence electrons. The maximum absolute atomic E-state index is 13.0. The predicted octanol–water partition coefficient (Wildman–Crippen LogP) is 0.953. The van der Waals surface area contributed by atoms with Gasteiger partial charge in [0.1, 0.15) is 23.6 Å². The van der Waals surface area contributed by atoms with Crippen LogP contribution in [0.15, 0.2) is 42.7 Å². The van der Waals surface area contributed by atoms with Crippen molar-refractivity contribution >= 4 is 5.97 Å². The number of ether oxygens (including phenoxy) is 2. The number of aliphatic hydroxyl groups is 2. The van der Waals surface area contributed by atoms with Crippen molar-refractivity contribution in [2.45, 2.75) is 23.2 Å². The van der Waals surface area contributed by atoms with Gasteiger partial charge in [-0.05, 0) is 12.6 Å². The minimum atomic E-state index is -2.07. The molecule has 1 aromatic carbocycles. The summed E-state index contributed by atoms with van der Waals surface area (Å²) in [5, 5.41) is 33.9. The molecule has 0 saturated heterocycles. The van der Waals surface area contributed by atoms with Crippen LogP contribution in [0.3, 0.4) is 0 Å². The van der Waals surface area contributed by atoms with E-state index >= 15 is 0 Å². The number of methoxy groups -OCH3 is 1. The Kier molecular flexibility index (Phi) is 5.36. The number of nitrogens with zero attached hydrogens (tertiary/aromatic N) is 2. The monoisotopic (exact) mass is 432 g/mol. The van der Waals surface area contributed by atoms with E-state index in [1.54, 1.807) is 42.3 Å². The lowest BCUT2D eigenvalue weighted by Crippen LogP contribution is -2.54. The van der Waals surface area contributed by atoms with Gasteiger partial charge in [0.15, 0.2) is 11.7 Å². The first-order valence-corrected chi connectivity index (χ1v) is 9.96. The van der Waals surface area contributed by atoms with Gasteiger partial charge in [0.25, 0.3) is 0 Å². The normalized spacial score (nSPS) is 31.2. The number of pyridine rings is 1. The fourth-order valence-electron chi connectivity index (χ4n) is 5.19. The summed E-state index contributed by atoms with van der Waals surface area (Å²) >= 11 is 0. The van der Waals surface area contributed by atoms with Crippen molar-refractivity contribution in [3.05, 3.63) is 53.9 Å². The second-order valence-corrected chi connectivity index (χ2v) is 8.08. The van der Waals surface area contributed by atoms with Crippen LogP contribution in [0.5, 0.6) is 11.5 Å². The van der Waals surface area contributed by atoms with Crippen LogP contribution in [-0.2, 0) is 15.8 Å². The third-order valence-corrected chi connectivity index (χ3v) is 6.55. The van der Waals surface area contributed by atoms with Gasteiger partial charge in [-0.1, -0.05) is 30.3 Å². The number of carboxylic acid groups (broad SMARTS) is 1. The zero-order valence-electron chi connectivity index (χ0n) is 17.2. The Labute approximate surface area is 178 Å². The minimum absolute atomic E-state index is 0.0250. The average Bonchev–Trinajstić information content (AvgIpc) is 3.16. The van der Waals surface area contributed by atoms with Crippen molar-refractivity contribution in [2.24, 2.45) is 5.92 Å². The molecule has 3 N–H and O–H groups in total. The lowest BCUT2D eigenvalue weighted by molar-refractivity contribution is -0.152. The van der Waals surface area contributed by atoms with Crippen LogP contribution in [0.25, 0.3) is 0 Å². The van der Waals surface area contributed by atoms with Crippen LogP contribution >= 0.6 is 0 Å². The molecule has 1 aliphatic heterocycles. The molecule has 5 atom stereocenters. The summed E-state index contributed by atoms with van der Waals surface area (Å²) in [7, 11) is 3.03. The predicted molar refractivity (Wildman–Crippen MR) is 108 cm³/mol. The standard InChI is InChI=1S/C22H25FN2O6/c1-25(9-8-23)12-14-18(26)22(29)17-15(30-2)10-24-11-16(17)31-19(22)21(14,20(27)28)13-6-4-3-5-7-13/h3-7,10-11,14,18-19,26,29H,8-9,12H2,1-2H3,(H,27,28)/t14-,18+,19+,21?,22-/m0/s1. The molecule has 8 nitrogen and oxygen atoms in total. The maximum atomic E-state index is 13.0. The Morgan fingerprint density at radius 3 is 2.65 bits per heavy atom. The van der Waals surface area contributed by atoms with Crippen molar-refractivity contribution in [1.29, 1.82) is 0 Å². The number of aromatic nitrogens is 1. The zero-order valence-corrected chi connectivity index (χ0v) is 17.2. The maximum Gasteiger partial charge on any atom is 0.318 e. The van der Waals surface area contributed by atoms with Gasteiger partial charge in [-0.3, -0.25) is 9.78 Å². The van der Waals surface area contributed by atoms with Crippen LogP contribution in [0, 0.1) is 5.92 Å². The van der Waals surface area contributed by atoms with Gasteiger partial charge in [0, 0.05) is 19.0 Å². The number of aliphatic carboxylic acids is 1. The van der Waals surface area contributed by atoms with Crippen molar-refractivity contribution in [3.8, 4) is 11.5 Å². The first-order valence-electron chi connectivity index (χ1n) is 9.96. The molecule has 2 aliphatic rings. The molecule has 2 heterocycles. The molecule has 2 aromatic rings. The molecule has 0 spiro atoms. The first-order chi connectivity index (χ1) is 14.8. The number of benzene rings is 1. The summed E-state index contributed by atoms with van der Waals surface area (Å²) < 4.78 is 24.3. The first kappa shape index (κ1) is 21.5.